The number of ether oxygens (including phenoxy) is 3. The van der Waals surface area contributed by atoms with Crippen molar-refractivity contribution in [3.8, 4) is 11.5 Å². The average Bonchev–Trinajstić information content (AvgIpc) is 3.18. The number of methoxy groups -OCH3 is 1. The third-order valence-corrected chi connectivity index (χ3v) is 4.56. The molecule has 25 heavy (non-hydrogen) atoms. The van der Waals surface area contributed by atoms with Crippen LogP contribution < -0.4 is 14.8 Å². The second-order valence-electron chi connectivity index (χ2n) is 5.98. The van der Waals surface area contributed by atoms with Crippen LogP contribution in [0, 0.1) is 0 Å². The highest BCUT2D eigenvalue weighted by Gasteiger charge is 2.16. The standard InChI is InChI=1S/C20H23NO3S/c1-22-19-12-16(20(25)21-13-17-8-5-11-23-17)9-10-18(19)24-14-15-6-3-2-4-7-15/h2-4,6-7,9-10,12,17H,5,8,11,13-14H2,1H3,(H,21,25)/t17-/m1/s1. The van der Waals surface area contributed by atoms with E-state index in [0.717, 1.165) is 37.1 Å². The Hall–Kier alpha value is -2.11. The van der Waals surface area contributed by atoms with E-state index in [1.165, 1.54) is 0 Å². The molecule has 1 atom stereocenters. The van der Waals surface area contributed by atoms with E-state index in [-0.39, 0.29) is 6.10 Å². The van der Waals surface area contributed by atoms with Gasteiger partial charge in [-0.3, -0.25) is 0 Å². The number of nitrogens with one attached hydrogen (secondary N) is 1. The lowest BCUT2D eigenvalue weighted by Gasteiger charge is -2.15. The maximum absolute atomic E-state index is 5.88. The van der Waals surface area contributed by atoms with Gasteiger partial charge >= 0.3 is 0 Å². The lowest BCUT2D eigenvalue weighted by atomic mass is 10.2. The molecule has 0 unspecified atom stereocenters. The van der Waals surface area contributed by atoms with Crippen molar-refractivity contribution in [3.05, 3.63) is 59.7 Å². The minimum atomic E-state index is 0.258. The molecule has 0 radical (unpaired) electrons. The first-order valence-corrected chi connectivity index (χ1v) is 8.91. The van der Waals surface area contributed by atoms with Gasteiger partial charge in [-0.1, -0.05) is 42.5 Å². The summed E-state index contributed by atoms with van der Waals surface area (Å²) in [6.45, 7) is 2.09. The van der Waals surface area contributed by atoms with Gasteiger partial charge in [-0.25, -0.2) is 0 Å². The Morgan fingerprint density at radius 2 is 2.04 bits per heavy atom. The van der Waals surface area contributed by atoms with Gasteiger partial charge in [-0.2, -0.15) is 0 Å². The maximum atomic E-state index is 5.88. The van der Waals surface area contributed by atoms with Gasteiger partial charge in [0.2, 0.25) is 0 Å². The highest BCUT2D eigenvalue weighted by Crippen LogP contribution is 2.29. The zero-order chi connectivity index (χ0) is 17.5. The fourth-order valence-electron chi connectivity index (χ4n) is 2.78. The van der Waals surface area contributed by atoms with Crippen LogP contribution in [0.15, 0.2) is 48.5 Å². The van der Waals surface area contributed by atoms with E-state index in [4.69, 9.17) is 26.4 Å². The van der Waals surface area contributed by atoms with Crippen LogP contribution in [0.4, 0.5) is 0 Å². The molecule has 0 aromatic heterocycles. The second kappa shape index (κ2) is 8.83. The van der Waals surface area contributed by atoms with Crippen molar-refractivity contribution in [2.75, 3.05) is 20.3 Å². The summed E-state index contributed by atoms with van der Waals surface area (Å²) in [5, 5.41) is 3.28. The van der Waals surface area contributed by atoms with Crippen molar-refractivity contribution in [1.82, 2.24) is 5.32 Å². The molecular weight excluding hydrogens is 334 g/mol. The van der Waals surface area contributed by atoms with Crippen LogP contribution in [0.2, 0.25) is 0 Å². The monoisotopic (exact) mass is 357 g/mol. The molecule has 0 aliphatic carbocycles. The predicted octanol–water partition coefficient (Wildman–Crippen LogP) is 3.72. The predicted molar refractivity (Wildman–Crippen MR) is 102 cm³/mol. The summed E-state index contributed by atoms with van der Waals surface area (Å²) in [6.07, 6.45) is 2.47. The number of rotatable bonds is 7. The third-order valence-electron chi connectivity index (χ3n) is 4.18. The zero-order valence-electron chi connectivity index (χ0n) is 14.4. The van der Waals surface area contributed by atoms with Gasteiger partial charge < -0.3 is 19.5 Å². The van der Waals surface area contributed by atoms with E-state index in [2.05, 4.69) is 5.32 Å². The highest BCUT2D eigenvalue weighted by molar-refractivity contribution is 7.80. The Balaban J connectivity index is 1.61. The molecule has 132 valence electrons. The normalized spacial score (nSPS) is 16.4. The Labute approximate surface area is 154 Å². The summed E-state index contributed by atoms with van der Waals surface area (Å²) >= 11 is 5.48. The number of thiocarbonyl (C=S) groups is 1. The minimum absolute atomic E-state index is 0.258. The molecule has 1 saturated heterocycles. The summed E-state index contributed by atoms with van der Waals surface area (Å²) in [5.74, 6) is 1.38. The fraction of sp³-hybridized carbons (Fsp3) is 0.350. The van der Waals surface area contributed by atoms with Crippen LogP contribution >= 0.6 is 12.2 Å². The topological polar surface area (TPSA) is 39.7 Å². The molecule has 2 aromatic rings. The molecule has 5 heteroatoms. The number of hydrogen-bond donors (Lipinski definition) is 1. The van der Waals surface area contributed by atoms with Crippen LogP contribution in [0.1, 0.15) is 24.0 Å². The van der Waals surface area contributed by atoms with E-state index in [9.17, 15) is 0 Å². The van der Waals surface area contributed by atoms with Crippen LogP contribution in [0.5, 0.6) is 11.5 Å². The van der Waals surface area contributed by atoms with Crippen molar-refractivity contribution in [3.63, 3.8) is 0 Å². The van der Waals surface area contributed by atoms with E-state index in [1.54, 1.807) is 7.11 Å². The van der Waals surface area contributed by atoms with Crippen molar-refractivity contribution in [2.24, 2.45) is 0 Å². The number of hydrogen-bond acceptors (Lipinski definition) is 4. The smallest absolute Gasteiger partial charge is 0.161 e. The molecule has 1 aliphatic rings. The molecule has 1 aliphatic heterocycles. The summed E-state index contributed by atoms with van der Waals surface area (Å²) < 4.78 is 17.0. The summed E-state index contributed by atoms with van der Waals surface area (Å²) in [6, 6.07) is 15.8. The lowest BCUT2D eigenvalue weighted by molar-refractivity contribution is 0.114. The first-order chi connectivity index (χ1) is 12.3. The van der Waals surface area contributed by atoms with E-state index < -0.39 is 0 Å². The zero-order valence-corrected chi connectivity index (χ0v) is 15.2. The molecule has 1 heterocycles. The summed E-state index contributed by atoms with van der Waals surface area (Å²) in [7, 11) is 1.64. The Kier molecular flexibility index (Phi) is 6.25. The summed E-state index contributed by atoms with van der Waals surface area (Å²) in [4.78, 5) is 0.698. The molecule has 0 bridgehead atoms. The molecule has 1 fully saturated rings. The van der Waals surface area contributed by atoms with Crippen molar-refractivity contribution < 1.29 is 14.2 Å². The van der Waals surface area contributed by atoms with Gasteiger partial charge in [0.05, 0.1) is 13.2 Å². The van der Waals surface area contributed by atoms with Gasteiger partial charge in [-0.05, 0) is 36.6 Å². The van der Waals surface area contributed by atoms with Gasteiger partial charge in [0, 0.05) is 18.7 Å². The largest absolute Gasteiger partial charge is 0.493 e. The SMILES string of the molecule is COc1cc(C(=S)NC[C@H]2CCCO2)ccc1OCc1ccccc1. The van der Waals surface area contributed by atoms with Crippen LogP contribution in [-0.4, -0.2) is 31.4 Å². The maximum Gasteiger partial charge on any atom is 0.161 e. The minimum Gasteiger partial charge on any atom is -0.493 e. The van der Waals surface area contributed by atoms with Crippen molar-refractivity contribution in [1.29, 1.82) is 0 Å². The molecule has 1 N–H and O–H groups in total. The van der Waals surface area contributed by atoms with Gasteiger partial charge in [0.1, 0.15) is 11.6 Å². The van der Waals surface area contributed by atoms with Crippen molar-refractivity contribution in [2.45, 2.75) is 25.6 Å². The van der Waals surface area contributed by atoms with E-state index in [0.29, 0.717) is 23.1 Å². The van der Waals surface area contributed by atoms with Gasteiger partial charge in [-0.15, -0.1) is 0 Å². The molecule has 2 aromatic carbocycles. The Morgan fingerprint density at radius 1 is 1.20 bits per heavy atom. The lowest BCUT2D eigenvalue weighted by Crippen LogP contribution is -2.31. The first-order valence-electron chi connectivity index (χ1n) is 8.51. The van der Waals surface area contributed by atoms with Gasteiger partial charge in [0.15, 0.2) is 11.5 Å². The molecular formula is C20H23NO3S. The molecule has 3 rings (SSSR count). The fourth-order valence-corrected chi connectivity index (χ4v) is 2.99. The van der Waals surface area contributed by atoms with E-state index >= 15 is 0 Å². The molecule has 0 amide bonds. The summed E-state index contributed by atoms with van der Waals surface area (Å²) in [5.41, 5.74) is 2.03. The van der Waals surface area contributed by atoms with Crippen LogP contribution in [-0.2, 0) is 11.3 Å². The first kappa shape index (κ1) is 17.7. The molecule has 4 nitrogen and oxygen atoms in total. The van der Waals surface area contributed by atoms with Crippen LogP contribution in [0.3, 0.4) is 0 Å². The molecule has 0 saturated carbocycles. The quantitative estimate of drug-likeness (QED) is 0.765. The Bertz CT molecular complexity index is 699. The molecule has 0 spiro atoms. The Morgan fingerprint density at radius 3 is 2.76 bits per heavy atom. The van der Waals surface area contributed by atoms with Gasteiger partial charge in [0.25, 0.3) is 0 Å². The number of benzene rings is 2. The highest BCUT2D eigenvalue weighted by atomic mass is 32.1. The second-order valence-corrected chi connectivity index (χ2v) is 6.39. The van der Waals surface area contributed by atoms with Crippen molar-refractivity contribution >= 4 is 17.2 Å². The third kappa shape index (κ3) is 4.94. The average molecular weight is 357 g/mol. The van der Waals surface area contributed by atoms with Crippen LogP contribution in [0.25, 0.3) is 0 Å². The van der Waals surface area contributed by atoms with E-state index in [1.807, 2.05) is 48.5 Å².